The zero-order chi connectivity index (χ0) is 28.8. The highest BCUT2D eigenvalue weighted by Gasteiger charge is 2.62. The van der Waals surface area contributed by atoms with Gasteiger partial charge in [-0.2, -0.15) is 0 Å². The Morgan fingerprint density at radius 1 is 0.951 bits per heavy atom. The van der Waals surface area contributed by atoms with E-state index in [4.69, 9.17) is 9.47 Å². The summed E-state index contributed by atoms with van der Waals surface area (Å²) >= 11 is 0. The van der Waals surface area contributed by atoms with Gasteiger partial charge in [0.2, 0.25) is 0 Å². The Labute approximate surface area is 249 Å². The maximum atomic E-state index is 13.3. The molecule has 1 aromatic rings. The standard InChI is InChI=1S/C37H56O4/c1-5-37(39)20-19-35(3)28(24-37)11-12-29-31-14-13-30(36(31,4)18-15-32(29)35)25(2)33(23-26-16-21-40-22-17-26)41-34(38)27-9-7-6-8-10-27/h6-10,25-26,28-33,39H,5,11-24H2,1-4H3/t25-,28-,29-,30+,31-,32-,33-,35-,36+,37-/m0/s1. The predicted molar refractivity (Wildman–Crippen MR) is 163 cm³/mol. The quantitative estimate of drug-likeness (QED) is 0.338. The summed E-state index contributed by atoms with van der Waals surface area (Å²) in [5.74, 6) is 4.47. The van der Waals surface area contributed by atoms with Gasteiger partial charge in [0.05, 0.1) is 11.2 Å². The molecule has 10 atom stereocenters. The van der Waals surface area contributed by atoms with Gasteiger partial charge in [-0.3, -0.25) is 0 Å². The van der Waals surface area contributed by atoms with Crippen LogP contribution in [0.3, 0.4) is 0 Å². The molecule has 0 amide bonds. The fourth-order valence-corrected chi connectivity index (χ4v) is 11.3. The van der Waals surface area contributed by atoms with E-state index in [1.807, 2.05) is 30.3 Å². The van der Waals surface area contributed by atoms with E-state index in [9.17, 15) is 9.90 Å². The van der Waals surface area contributed by atoms with Crippen LogP contribution in [0.5, 0.6) is 0 Å². The predicted octanol–water partition coefficient (Wildman–Crippen LogP) is 8.46. The van der Waals surface area contributed by atoms with Crippen LogP contribution in [0.25, 0.3) is 0 Å². The number of hydrogen-bond acceptors (Lipinski definition) is 4. The van der Waals surface area contributed by atoms with Crippen molar-refractivity contribution in [1.82, 2.24) is 0 Å². The third-order valence-electron chi connectivity index (χ3n) is 13.9. The van der Waals surface area contributed by atoms with E-state index in [2.05, 4.69) is 27.7 Å². The smallest absolute Gasteiger partial charge is 0.338 e. The molecule has 0 aromatic heterocycles. The molecule has 0 spiro atoms. The van der Waals surface area contributed by atoms with E-state index in [-0.39, 0.29) is 12.1 Å². The van der Waals surface area contributed by atoms with Crippen molar-refractivity contribution in [2.45, 2.75) is 123 Å². The lowest BCUT2D eigenvalue weighted by atomic mass is 9.43. The summed E-state index contributed by atoms with van der Waals surface area (Å²) < 4.78 is 12.1. The molecule has 4 saturated carbocycles. The van der Waals surface area contributed by atoms with Crippen LogP contribution in [0.2, 0.25) is 0 Å². The molecule has 1 aliphatic heterocycles. The average molecular weight is 565 g/mol. The Morgan fingerprint density at radius 2 is 1.68 bits per heavy atom. The Bertz CT molecular complexity index is 1050. The van der Waals surface area contributed by atoms with Crippen LogP contribution in [-0.2, 0) is 9.47 Å². The molecule has 0 radical (unpaired) electrons. The van der Waals surface area contributed by atoms with Crippen molar-refractivity contribution < 1.29 is 19.4 Å². The minimum atomic E-state index is -0.426. The third-order valence-corrected chi connectivity index (χ3v) is 13.9. The summed E-state index contributed by atoms with van der Waals surface area (Å²) in [6, 6.07) is 9.59. The SMILES string of the molecule is CC[C@]1(O)CC[C@@]2(C)[C@@H](CC[C@@H]3[C@@H]2CC[C@]2(C)[C@@H]([C@H](C)[C@H](CC4CCOCC4)OC(=O)c4ccccc4)CC[C@@H]32)C1. The van der Waals surface area contributed by atoms with Gasteiger partial charge in [-0.1, -0.05) is 45.9 Å². The van der Waals surface area contributed by atoms with E-state index < -0.39 is 5.60 Å². The molecule has 4 heteroatoms. The minimum Gasteiger partial charge on any atom is -0.458 e. The number of esters is 1. The highest BCUT2D eigenvalue weighted by Crippen LogP contribution is 2.69. The molecule has 5 aliphatic rings. The molecular formula is C37H56O4. The van der Waals surface area contributed by atoms with Gasteiger partial charge in [0.1, 0.15) is 6.10 Å². The molecule has 0 bridgehead atoms. The number of fused-ring (bicyclic) bond motifs is 5. The summed E-state index contributed by atoms with van der Waals surface area (Å²) in [5.41, 5.74) is 0.965. The number of carbonyl (C=O) groups excluding carboxylic acids is 1. The zero-order valence-corrected chi connectivity index (χ0v) is 26.3. The second-order valence-corrected chi connectivity index (χ2v) is 15.6. The van der Waals surface area contributed by atoms with Crippen molar-refractivity contribution >= 4 is 5.97 Å². The van der Waals surface area contributed by atoms with Crippen LogP contribution < -0.4 is 0 Å². The van der Waals surface area contributed by atoms with Crippen LogP contribution in [-0.4, -0.2) is 36.0 Å². The lowest BCUT2D eigenvalue weighted by molar-refractivity contribution is -0.154. The molecule has 1 saturated heterocycles. The zero-order valence-electron chi connectivity index (χ0n) is 26.3. The van der Waals surface area contributed by atoms with Gasteiger partial charge in [0.15, 0.2) is 0 Å². The van der Waals surface area contributed by atoms with Gasteiger partial charge in [0, 0.05) is 13.2 Å². The largest absolute Gasteiger partial charge is 0.458 e. The lowest BCUT2D eigenvalue weighted by Gasteiger charge is -2.62. The molecule has 4 nitrogen and oxygen atoms in total. The van der Waals surface area contributed by atoms with Crippen LogP contribution in [0, 0.1) is 52.3 Å². The Kier molecular flexibility index (Phi) is 8.40. The summed E-state index contributed by atoms with van der Waals surface area (Å²) in [6.45, 7) is 11.5. The molecule has 0 unspecified atom stereocenters. The van der Waals surface area contributed by atoms with Gasteiger partial charge < -0.3 is 14.6 Å². The third kappa shape index (κ3) is 5.43. The molecule has 1 aromatic carbocycles. The van der Waals surface area contributed by atoms with Gasteiger partial charge in [-0.15, -0.1) is 0 Å². The van der Waals surface area contributed by atoms with E-state index in [1.165, 1.54) is 44.9 Å². The molecule has 41 heavy (non-hydrogen) atoms. The van der Waals surface area contributed by atoms with Crippen molar-refractivity contribution in [1.29, 1.82) is 0 Å². The van der Waals surface area contributed by atoms with Gasteiger partial charge >= 0.3 is 5.97 Å². The van der Waals surface area contributed by atoms with E-state index in [1.54, 1.807) is 0 Å². The lowest BCUT2D eigenvalue weighted by Crippen LogP contribution is -2.56. The molecule has 1 heterocycles. The van der Waals surface area contributed by atoms with E-state index >= 15 is 0 Å². The molecule has 1 N–H and O–H groups in total. The van der Waals surface area contributed by atoms with Crippen molar-refractivity contribution in [3.8, 4) is 0 Å². The molecule has 228 valence electrons. The Morgan fingerprint density at radius 3 is 2.41 bits per heavy atom. The van der Waals surface area contributed by atoms with Gasteiger partial charge in [0.25, 0.3) is 0 Å². The number of rotatable bonds is 7. The average Bonchev–Trinajstić information content (AvgIpc) is 3.35. The van der Waals surface area contributed by atoms with Crippen molar-refractivity contribution in [2.24, 2.45) is 52.3 Å². The van der Waals surface area contributed by atoms with Crippen molar-refractivity contribution in [3.05, 3.63) is 35.9 Å². The minimum absolute atomic E-state index is 0.0394. The maximum Gasteiger partial charge on any atom is 0.338 e. The van der Waals surface area contributed by atoms with Crippen LogP contribution in [0.1, 0.15) is 122 Å². The Balaban J connectivity index is 1.20. The maximum absolute atomic E-state index is 13.3. The molecule has 6 rings (SSSR count). The first-order valence-corrected chi connectivity index (χ1v) is 17.2. The number of benzene rings is 1. The normalized spacial score (nSPS) is 42.4. The van der Waals surface area contributed by atoms with E-state index in [0.29, 0.717) is 40.1 Å². The topological polar surface area (TPSA) is 55.8 Å². The first kappa shape index (κ1) is 29.7. The summed E-state index contributed by atoms with van der Waals surface area (Å²) in [6.07, 6.45) is 15.1. The fraction of sp³-hybridized carbons (Fsp3) is 0.811. The Hall–Kier alpha value is -1.39. The molecular weight excluding hydrogens is 508 g/mol. The van der Waals surface area contributed by atoms with Crippen molar-refractivity contribution in [3.63, 3.8) is 0 Å². The summed E-state index contributed by atoms with van der Waals surface area (Å²) in [7, 11) is 0. The number of ether oxygens (including phenoxy) is 2. The van der Waals surface area contributed by atoms with Crippen LogP contribution in [0.4, 0.5) is 0 Å². The van der Waals surface area contributed by atoms with E-state index in [0.717, 1.165) is 69.5 Å². The van der Waals surface area contributed by atoms with Crippen LogP contribution >= 0.6 is 0 Å². The molecule has 5 fully saturated rings. The highest BCUT2D eigenvalue weighted by atomic mass is 16.5. The van der Waals surface area contributed by atoms with Gasteiger partial charge in [-0.05, 0) is 148 Å². The second kappa shape index (κ2) is 11.6. The fourth-order valence-electron chi connectivity index (χ4n) is 11.3. The monoisotopic (exact) mass is 564 g/mol. The van der Waals surface area contributed by atoms with Crippen LogP contribution in [0.15, 0.2) is 30.3 Å². The first-order valence-electron chi connectivity index (χ1n) is 17.2. The second-order valence-electron chi connectivity index (χ2n) is 15.6. The summed E-state index contributed by atoms with van der Waals surface area (Å²) in [5, 5.41) is 11.2. The number of hydrogen-bond donors (Lipinski definition) is 1. The van der Waals surface area contributed by atoms with Crippen molar-refractivity contribution in [2.75, 3.05) is 13.2 Å². The summed E-state index contributed by atoms with van der Waals surface area (Å²) in [4.78, 5) is 13.3. The number of carbonyl (C=O) groups is 1. The van der Waals surface area contributed by atoms with Gasteiger partial charge in [-0.25, -0.2) is 4.79 Å². The highest BCUT2D eigenvalue weighted by molar-refractivity contribution is 5.89. The molecule has 4 aliphatic carbocycles. The first-order chi connectivity index (χ1) is 19.7. The number of aliphatic hydroxyl groups is 1.